The number of carbonyl (C=O) groups is 2. The summed E-state index contributed by atoms with van der Waals surface area (Å²) in [5, 5.41) is 7.67. The van der Waals surface area contributed by atoms with E-state index in [4.69, 9.17) is 0 Å². The van der Waals surface area contributed by atoms with Gasteiger partial charge in [-0.15, -0.1) is 11.3 Å². The highest BCUT2D eigenvalue weighted by Gasteiger charge is 2.23. The van der Waals surface area contributed by atoms with Gasteiger partial charge >= 0.3 is 6.03 Å². The van der Waals surface area contributed by atoms with Crippen LogP contribution in [0.25, 0.3) is 0 Å². The van der Waals surface area contributed by atoms with Crippen LogP contribution in [0.2, 0.25) is 0 Å². The van der Waals surface area contributed by atoms with E-state index in [1.807, 2.05) is 18.4 Å². The summed E-state index contributed by atoms with van der Waals surface area (Å²) in [6.45, 7) is 3.31. The first kappa shape index (κ1) is 14.8. The Labute approximate surface area is 123 Å². The molecule has 0 spiro atoms. The average molecular weight is 295 g/mol. The lowest BCUT2D eigenvalue weighted by Gasteiger charge is -2.21. The monoisotopic (exact) mass is 295 g/mol. The Morgan fingerprint density at radius 2 is 2.35 bits per heavy atom. The maximum absolute atomic E-state index is 12.1. The van der Waals surface area contributed by atoms with Crippen molar-refractivity contribution in [1.29, 1.82) is 0 Å². The van der Waals surface area contributed by atoms with Crippen molar-refractivity contribution in [3.63, 3.8) is 0 Å². The number of nitrogens with one attached hydrogen (secondary N) is 2. The summed E-state index contributed by atoms with van der Waals surface area (Å²) in [5.74, 6) is -0.0726. The fraction of sp³-hybridized carbons (Fsp3) is 0.571. The summed E-state index contributed by atoms with van der Waals surface area (Å²) in [6, 6.07) is 1.45. The van der Waals surface area contributed by atoms with E-state index in [-0.39, 0.29) is 11.9 Å². The Bertz CT molecular complexity index is 487. The van der Waals surface area contributed by atoms with Crippen LogP contribution in [0.5, 0.6) is 0 Å². The van der Waals surface area contributed by atoms with E-state index < -0.39 is 6.04 Å². The minimum absolute atomic E-state index is 0.0726. The third-order valence-corrected chi connectivity index (χ3v) is 4.54. The molecule has 1 unspecified atom stereocenters. The van der Waals surface area contributed by atoms with E-state index >= 15 is 0 Å². The molecule has 0 saturated carbocycles. The van der Waals surface area contributed by atoms with Gasteiger partial charge in [0, 0.05) is 18.5 Å². The molecule has 0 radical (unpaired) electrons. The average Bonchev–Trinajstić information content (AvgIpc) is 2.70. The largest absolute Gasteiger partial charge is 0.354 e. The number of thiophene rings is 1. The van der Waals surface area contributed by atoms with Crippen LogP contribution in [0.15, 0.2) is 11.4 Å². The zero-order valence-electron chi connectivity index (χ0n) is 11.9. The summed E-state index contributed by atoms with van der Waals surface area (Å²) < 4.78 is 0. The summed E-state index contributed by atoms with van der Waals surface area (Å²) in [6.07, 6.45) is 2.64. The van der Waals surface area contributed by atoms with Gasteiger partial charge in [0.2, 0.25) is 5.91 Å². The molecule has 1 fully saturated rings. The minimum atomic E-state index is -0.406. The van der Waals surface area contributed by atoms with Crippen molar-refractivity contribution in [3.05, 3.63) is 21.9 Å². The Balaban J connectivity index is 1.90. The molecule has 0 bridgehead atoms. The van der Waals surface area contributed by atoms with Gasteiger partial charge in [-0.25, -0.2) is 4.79 Å². The van der Waals surface area contributed by atoms with E-state index in [0.29, 0.717) is 19.5 Å². The van der Waals surface area contributed by atoms with Crippen molar-refractivity contribution in [3.8, 4) is 0 Å². The second-order valence-corrected chi connectivity index (χ2v) is 6.17. The fourth-order valence-corrected chi connectivity index (χ4v) is 3.15. The van der Waals surface area contributed by atoms with E-state index in [2.05, 4.69) is 10.6 Å². The summed E-state index contributed by atoms with van der Waals surface area (Å²) >= 11 is 1.64. The van der Waals surface area contributed by atoms with Gasteiger partial charge in [0.15, 0.2) is 0 Å². The Kier molecular flexibility index (Phi) is 5.00. The molecule has 5 nitrogen and oxygen atoms in total. The number of amides is 3. The Morgan fingerprint density at radius 3 is 3.05 bits per heavy atom. The third kappa shape index (κ3) is 3.72. The summed E-state index contributed by atoms with van der Waals surface area (Å²) in [4.78, 5) is 26.7. The molecular formula is C14H21N3O2S. The van der Waals surface area contributed by atoms with E-state index in [9.17, 15) is 9.59 Å². The third-order valence-electron chi connectivity index (χ3n) is 3.53. The molecule has 0 aliphatic carbocycles. The van der Waals surface area contributed by atoms with Crippen LogP contribution >= 0.6 is 11.3 Å². The molecule has 2 heterocycles. The fourth-order valence-electron chi connectivity index (χ4n) is 2.19. The molecule has 3 amide bonds. The van der Waals surface area contributed by atoms with Crippen molar-refractivity contribution in [2.24, 2.45) is 0 Å². The lowest BCUT2D eigenvalue weighted by Crippen LogP contribution is -2.49. The van der Waals surface area contributed by atoms with Gasteiger partial charge in [-0.2, -0.15) is 0 Å². The minimum Gasteiger partial charge on any atom is -0.354 e. The zero-order chi connectivity index (χ0) is 14.5. The quantitative estimate of drug-likeness (QED) is 0.894. The molecule has 1 aromatic heterocycles. The highest BCUT2D eigenvalue weighted by atomic mass is 32.1. The van der Waals surface area contributed by atoms with Gasteiger partial charge in [-0.05, 0) is 43.2 Å². The Hall–Kier alpha value is -1.56. The first-order valence-electron chi connectivity index (χ1n) is 6.90. The van der Waals surface area contributed by atoms with E-state index in [1.54, 1.807) is 23.3 Å². The van der Waals surface area contributed by atoms with Crippen molar-refractivity contribution in [2.45, 2.75) is 38.8 Å². The molecule has 1 aromatic rings. The topological polar surface area (TPSA) is 61.4 Å². The van der Waals surface area contributed by atoms with E-state index in [0.717, 1.165) is 12.8 Å². The molecule has 20 heavy (non-hydrogen) atoms. The van der Waals surface area contributed by atoms with Gasteiger partial charge in [0.25, 0.3) is 0 Å². The number of carbonyl (C=O) groups excluding carboxylic acids is 2. The summed E-state index contributed by atoms with van der Waals surface area (Å²) in [7, 11) is 1.75. The maximum Gasteiger partial charge on any atom is 0.318 e. The SMILES string of the molecule is Cc1ccsc1CN(C)C(=O)NC1CCCCNC1=O. The molecule has 2 N–H and O–H groups in total. The summed E-state index contributed by atoms with van der Waals surface area (Å²) in [5.41, 5.74) is 1.20. The van der Waals surface area contributed by atoms with Crippen LogP contribution < -0.4 is 10.6 Å². The van der Waals surface area contributed by atoms with Crippen LogP contribution in [-0.2, 0) is 11.3 Å². The molecular weight excluding hydrogens is 274 g/mol. The van der Waals surface area contributed by atoms with Crippen LogP contribution in [0, 0.1) is 6.92 Å². The van der Waals surface area contributed by atoms with Crippen molar-refractivity contribution >= 4 is 23.3 Å². The van der Waals surface area contributed by atoms with Crippen LogP contribution in [0.3, 0.4) is 0 Å². The van der Waals surface area contributed by atoms with Crippen molar-refractivity contribution in [1.82, 2.24) is 15.5 Å². The number of rotatable bonds is 3. The first-order valence-corrected chi connectivity index (χ1v) is 7.78. The molecule has 1 aliphatic heterocycles. The van der Waals surface area contributed by atoms with Crippen LogP contribution in [0.1, 0.15) is 29.7 Å². The number of nitrogens with zero attached hydrogens (tertiary/aromatic N) is 1. The van der Waals surface area contributed by atoms with Crippen LogP contribution in [-0.4, -0.2) is 36.5 Å². The molecule has 6 heteroatoms. The van der Waals surface area contributed by atoms with Gasteiger partial charge < -0.3 is 15.5 Å². The number of aryl methyl sites for hydroxylation is 1. The number of urea groups is 1. The van der Waals surface area contributed by atoms with Gasteiger partial charge in [-0.3, -0.25) is 4.79 Å². The van der Waals surface area contributed by atoms with E-state index in [1.165, 1.54) is 10.4 Å². The standard InChI is InChI=1S/C14H21N3O2S/c1-10-6-8-20-12(10)9-17(2)14(19)16-11-5-3-4-7-15-13(11)18/h6,8,11H,3-5,7,9H2,1-2H3,(H,15,18)(H,16,19). The molecule has 1 aliphatic rings. The van der Waals surface area contributed by atoms with Crippen molar-refractivity contribution < 1.29 is 9.59 Å². The second kappa shape index (κ2) is 6.74. The van der Waals surface area contributed by atoms with Gasteiger partial charge in [-0.1, -0.05) is 0 Å². The second-order valence-electron chi connectivity index (χ2n) is 5.17. The number of hydrogen-bond donors (Lipinski definition) is 2. The lowest BCUT2D eigenvalue weighted by molar-refractivity contribution is -0.122. The number of hydrogen-bond acceptors (Lipinski definition) is 3. The predicted octanol–water partition coefficient (Wildman–Crippen LogP) is 1.87. The first-order chi connectivity index (χ1) is 9.58. The normalized spacial score (nSPS) is 19.1. The molecule has 0 aromatic carbocycles. The molecule has 1 saturated heterocycles. The van der Waals surface area contributed by atoms with Crippen LogP contribution in [0.4, 0.5) is 4.79 Å². The molecule has 110 valence electrons. The smallest absolute Gasteiger partial charge is 0.318 e. The highest BCUT2D eigenvalue weighted by Crippen LogP contribution is 2.17. The van der Waals surface area contributed by atoms with Crippen molar-refractivity contribution in [2.75, 3.05) is 13.6 Å². The predicted molar refractivity (Wildman–Crippen MR) is 79.7 cm³/mol. The van der Waals surface area contributed by atoms with Gasteiger partial charge in [0.05, 0.1) is 6.54 Å². The Morgan fingerprint density at radius 1 is 1.55 bits per heavy atom. The molecule has 2 rings (SSSR count). The maximum atomic E-state index is 12.1. The van der Waals surface area contributed by atoms with Gasteiger partial charge in [0.1, 0.15) is 6.04 Å². The molecule has 1 atom stereocenters. The lowest BCUT2D eigenvalue weighted by atomic mass is 10.1. The highest BCUT2D eigenvalue weighted by molar-refractivity contribution is 7.10. The zero-order valence-corrected chi connectivity index (χ0v) is 12.8.